The summed E-state index contributed by atoms with van der Waals surface area (Å²) in [4.78, 5) is 15.0. The van der Waals surface area contributed by atoms with Crippen molar-refractivity contribution in [2.24, 2.45) is 5.41 Å². The van der Waals surface area contributed by atoms with Crippen molar-refractivity contribution < 1.29 is 13.2 Å². The molecule has 2 aliphatic heterocycles. The molecule has 0 aromatic rings. The Bertz CT molecular complexity index is 542. The van der Waals surface area contributed by atoms with Gasteiger partial charge in [0.15, 0.2) is 14.6 Å². The van der Waals surface area contributed by atoms with Gasteiger partial charge in [-0.3, -0.25) is 4.79 Å². The van der Waals surface area contributed by atoms with Gasteiger partial charge in [-0.25, -0.2) is 8.42 Å². The zero-order valence-corrected chi connectivity index (χ0v) is 16.3. The number of likely N-dealkylation sites (tertiary alicyclic amines) is 1. The van der Waals surface area contributed by atoms with Crippen LogP contribution in [0.25, 0.3) is 0 Å². The lowest BCUT2D eigenvalue weighted by Crippen LogP contribution is -2.59. The zero-order valence-electron chi connectivity index (χ0n) is 14.7. The zero-order chi connectivity index (χ0) is 16.6. The number of amides is 1. The van der Waals surface area contributed by atoms with E-state index in [2.05, 4.69) is 5.32 Å². The van der Waals surface area contributed by atoms with E-state index in [0.717, 1.165) is 25.9 Å². The van der Waals surface area contributed by atoms with Gasteiger partial charge in [0.25, 0.3) is 0 Å². The topological polar surface area (TPSA) is 66.5 Å². The molecular weight excluding hydrogens is 348 g/mol. The minimum absolute atomic E-state index is 0. The molecular formula is C17H31ClN2O3S. The molecule has 0 atom stereocenters. The smallest absolute Gasteiger partial charge is 0.244 e. The lowest BCUT2D eigenvalue weighted by atomic mass is 9.68. The highest BCUT2D eigenvalue weighted by molar-refractivity contribution is 7.92. The normalized spacial score (nSPS) is 26.6. The van der Waals surface area contributed by atoms with E-state index in [0.29, 0.717) is 31.3 Å². The van der Waals surface area contributed by atoms with Gasteiger partial charge in [0.1, 0.15) is 0 Å². The van der Waals surface area contributed by atoms with Gasteiger partial charge in [0, 0.05) is 19.3 Å². The van der Waals surface area contributed by atoms with E-state index in [9.17, 15) is 13.2 Å². The second-order valence-corrected chi connectivity index (χ2v) is 10.2. The van der Waals surface area contributed by atoms with Crippen LogP contribution in [-0.2, 0) is 14.6 Å². The van der Waals surface area contributed by atoms with E-state index in [1.807, 2.05) is 4.90 Å². The molecule has 0 unspecified atom stereocenters. The fourth-order valence-electron chi connectivity index (χ4n) is 4.85. The Balaban J connectivity index is 0.00000208. The van der Waals surface area contributed by atoms with Gasteiger partial charge < -0.3 is 10.2 Å². The third-order valence-corrected chi connectivity index (χ3v) is 8.54. The summed E-state index contributed by atoms with van der Waals surface area (Å²) in [5, 5.41) is 3.18. The Morgan fingerprint density at radius 3 is 1.96 bits per heavy atom. The summed E-state index contributed by atoms with van der Waals surface area (Å²) in [6, 6.07) is 0. The van der Waals surface area contributed by atoms with E-state index in [4.69, 9.17) is 0 Å². The molecule has 2 heterocycles. The highest BCUT2D eigenvalue weighted by Gasteiger charge is 2.51. The van der Waals surface area contributed by atoms with Crippen LogP contribution in [0, 0.1) is 5.41 Å². The third kappa shape index (κ3) is 3.61. The van der Waals surface area contributed by atoms with Gasteiger partial charge >= 0.3 is 0 Å². The average molecular weight is 379 g/mol. The quantitative estimate of drug-likeness (QED) is 0.799. The van der Waals surface area contributed by atoms with E-state index in [1.54, 1.807) is 0 Å². The van der Waals surface area contributed by atoms with Crippen molar-refractivity contribution >= 4 is 28.2 Å². The van der Waals surface area contributed by atoms with Crippen LogP contribution in [0.5, 0.6) is 0 Å². The first-order valence-electron chi connectivity index (χ1n) is 9.08. The van der Waals surface area contributed by atoms with Gasteiger partial charge in [0.2, 0.25) is 5.91 Å². The van der Waals surface area contributed by atoms with Gasteiger partial charge in [-0.1, -0.05) is 19.3 Å². The molecule has 1 saturated carbocycles. The lowest BCUT2D eigenvalue weighted by molar-refractivity contribution is -0.137. The van der Waals surface area contributed by atoms with Crippen LogP contribution in [0.15, 0.2) is 0 Å². The second-order valence-electron chi connectivity index (χ2n) is 7.87. The summed E-state index contributed by atoms with van der Waals surface area (Å²) >= 11 is 0. The molecule has 1 amide bonds. The molecule has 140 valence electrons. The summed E-state index contributed by atoms with van der Waals surface area (Å²) in [5.74, 6) is -0.132. The number of carbonyl (C=O) groups excluding carboxylic acids is 1. The summed E-state index contributed by atoms with van der Waals surface area (Å²) in [7, 11) is -3.40. The maximum absolute atomic E-state index is 13.1. The molecule has 7 heteroatoms. The maximum Gasteiger partial charge on any atom is 0.244 e. The fraction of sp³-hybridized carbons (Fsp3) is 0.941. The predicted octanol–water partition coefficient (Wildman–Crippen LogP) is 2.15. The van der Waals surface area contributed by atoms with Crippen LogP contribution in [0.4, 0.5) is 0 Å². The number of nitrogens with one attached hydrogen (secondary N) is 1. The first-order chi connectivity index (χ1) is 10.9. The Kier molecular flexibility index (Phi) is 6.25. The summed E-state index contributed by atoms with van der Waals surface area (Å²) in [5.41, 5.74) is 0.432. The van der Waals surface area contributed by atoms with Crippen molar-refractivity contribution in [1.29, 1.82) is 0 Å². The first kappa shape index (κ1) is 20.0. The Hall–Kier alpha value is -0.330. The van der Waals surface area contributed by atoms with Crippen molar-refractivity contribution in [2.75, 3.05) is 32.4 Å². The number of halogens is 1. The van der Waals surface area contributed by atoms with Crippen molar-refractivity contribution in [3.05, 3.63) is 0 Å². The lowest BCUT2D eigenvalue weighted by Gasteiger charge is -2.46. The predicted molar refractivity (Wildman–Crippen MR) is 98.3 cm³/mol. The molecule has 1 N–H and O–H groups in total. The number of piperidine rings is 2. The summed E-state index contributed by atoms with van der Waals surface area (Å²) in [6.07, 6.45) is 10.7. The van der Waals surface area contributed by atoms with Crippen LogP contribution in [0.3, 0.4) is 0 Å². The highest BCUT2D eigenvalue weighted by atomic mass is 35.5. The minimum atomic E-state index is -3.40. The average Bonchev–Trinajstić information content (AvgIpc) is 2.55. The molecule has 2 saturated heterocycles. The summed E-state index contributed by atoms with van der Waals surface area (Å²) in [6.45, 7) is 2.69. The van der Waals surface area contributed by atoms with Crippen LogP contribution < -0.4 is 5.32 Å². The molecule has 5 nitrogen and oxygen atoms in total. The number of hydrogen-bond acceptors (Lipinski definition) is 4. The van der Waals surface area contributed by atoms with Gasteiger partial charge in [-0.2, -0.15) is 0 Å². The van der Waals surface area contributed by atoms with Crippen molar-refractivity contribution in [1.82, 2.24) is 10.2 Å². The monoisotopic (exact) mass is 378 g/mol. The number of hydrogen-bond donors (Lipinski definition) is 1. The maximum atomic E-state index is 13.1. The van der Waals surface area contributed by atoms with Crippen molar-refractivity contribution in [3.8, 4) is 0 Å². The van der Waals surface area contributed by atoms with Crippen LogP contribution in [0.2, 0.25) is 0 Å². The summed E-state index contributed by atoms with van der Waals surface area (Å²) < 4.78 is 23.6. The van der Waals surface area contributed by atoms with Gasteiger partial charge in [-0.15, -0.1) is 12.4 Å². The van der Waals surface area contributed by atoms with E-state index >= 15 is 0 Å². The molecule has 1 spiro atoms. The Morgan fingerprint density at radius 1 is 0.917 bits per heavy atom. The molecule has 0 bridgehead atoms. The molecule has 3 rings (SSSR count). The largest absolute Gasteiger partial charge is 0.341 e. The second kappa shape index (κ2) is 7.50. The SMILES string of the molecule is CS(=O)(=O)C1(C(=O)N2CCC3(CCCCC3)CC2)CCNCC1.Cl. The van der Waals surface area contributed by atoms with E-state index in [1.165, 1.54) is 38.4 Å². The van der Waals surface area contributed by atoms with E-state index in [-0.39, 0.29) is 18.3 Å². The Labute approximate surface area is 152 Å². The number of rotatable bonds is 2. The number of carbonyl (C=O) groups is 1. The van der Waals surface area contributed by atoms with Crippen LogP contribution in [-0.4, -0.2) is 56.4 Å². The Morgan fingerprint density at radius 2 is 1.46 bits per heavy atom. The molecule has 3 aliphatic rings. The first-order valence-corrected chi connectivity index (χ1v) is 11.0. The third-order valence-electron chi connectivity index (χ3n) is 6.54. The molecule has 0 aromatic heterocycles. The molecule has 24 heavy (non-hydrogen) atoms. The highest BCUT2D eigenvalue weighted by Crippen LogP contribution is 2.45. The molecule has 3 fully saturated rings. The van der Waals surface area contributed by atoms with Crippen LogP contribution in [0.1, 0.15) is 57.8 Å². The van der Waals surface area contributed by atoms with Crippen molar-refractivity contribution in [2.45, 2.75) is 62.5 Å². The van der Waals surface area contributed by atoms with E-state index < -0.39 is 14.6 Å². The van der Waals surface area contributed by atoms with Crippen molar-refractivity contribution in [3.63, 3.8) is 0 Å². The molecule has 0 radical (unpaired) electrons. The van der Waals surface area contributed by atoms with Crippen LogP contribution >= 0.6 is 12.4 Å². The molecule has 1 aliphatic carbocycles. The number of sulfone groups is 1. The standard InChI is InChI=1S/C17H30N2O3S.ClH/c1-23(21,22)17(7-11-18-12-8-17)15(20)19-13-9-16(10-14-19)5-3-2-4-6-16;/h18H,2-14H2,1H3;1H. The fourth-order valence-corrected chi connectivity index (χ4v) is 6.24. The molecule has 0 aromatic carbocycles. The van der Waals surface area contributed by atoms with Gasteiger partial charge in [-0.05, 0) is 57.0 Å². The number of nitrogens with zero attached hydrogens (tertiary/aromatic N) is 1. The van der Waals surface area contributed by atoms with Gasteiger partial charge in [0.05, 0.1) is 0 Å². The minimum Gasteiger partial charge on any atom is -0.341 e.